The number of methoxy groups -OCH3 is 1. The summed E-state index contributed by atoms with van der Waals surface area (Å²) in [6.45, 7) is 3.00. The third-order valence-corrected chi connectivity index (χ3v) is 5.40. The van der Waals surface area contributed by atoms with Crippen LogP contribution in [0.2, 0.25) is 0 Å². The van der Waals surface area contributed by atoms with E-state index in [0.717, 1.165) is 35.8 Å². The van der Waals surface area contributed by atoms with Gasteiger partial charge in [-0.15, -0.1) is 0 Å². The van der Waals surface area contributed by atoms with E-state index in [1.54, 1.807) is 12.1 Å². The Bertz CT molecular complexity index is 460. The second-order valence-corrected chi connectivity index (χ2v) is 6.73. The molecule has 4 heteroatoms. The summed E-state index contributed by atoms with van der Waals surface area (Å²) in [6, 6.07) is 5.11. The van der Waals surface area contributed by atoms with Gasteiger partial charge in [0.2, 0.25) is 0 Å². The molecule has 1 fully saturated rings. The molecule has 1 unspecified atom stereocenters. The summed E-state index contributed by atoms with van der Waals surface area (Å²) in [5.74, 6) is -0.182. The molecule has 1 N–H and O–H groups in total. The average Bonchev–Trinajstić information content (AvgIpc) is 2.51. The van der Waals surface area contributed by atoms with Gasteiger partial charge in [0.15, 0.2) is 0 Å². The summed E-state index contributed by atoms with van der Waals surface area (Å²) in [5.41, 5.74) is 0.878. The number of halogens is 2. The van der Waals surface area contributed by atoms with E-state index < -0.39 is 0 Å². The Morgan fingerprint density at radius 2 is 2.05 bits per heavy atom. The molecule has 2 nitrogen and oxygen atoms in total. The van der Waals surface area contributed by atoms with Gasteiger partial charge in [0.1, 0.15) is 5.82 Å². The molecule has 1 aliphatic rings. The van der Waals surface area contributed by atoms with Crippen molar-refractivity contribution in [2.24, 2.45) is 0 Å². The number of hydrogen-bond donors (Lipinski definition) is 1. The standard InChI is InChI=1S/C17H25BrFNO/c1-3-20-16(17(21-2)9-5-4-6-10-17)12-13-11-14(19)7-8-15(13)18/h7-8,11,16,20H,3-6,9-10,12H2,1-2H3. The first-order valence-corrected chi connectivity index (χ1v) is 8.63. The second-order valence-electron chi connectivity index (χ2n) is 5.88. The van der Waals surface area contributed by atoms with Crippen molar-refractivity contribution in [2.45, 2.75) is 57.1 Å². The van der Waals surface area contributed by atoms with Crippen molar-refractivity contribution in [3.8, 4) is 0 Å². The zero-order chi connectivity index (χ0) is 15.3. The monoisotopic (exact) mass is 357 g/mol. The molecule has 0 aromatic heterocycles. The van der Waals surface area contributed by atoms with Gasteiger partial charge in [-0.3, -0.25) is 0 Å². The molecular formula is C17H25BrFNO. The highest BCUT2D eigenvalue weighted by atomic mass is 79.9. The molecule has 2 rings (SSSR count). The van der Waals surface area contributed by atoms with Gasteiger partial charge >= 0.3 is 0 Å². The lowest BCUT2D eigenvalue weighted by Crippen LogP contribution is -2.54. The maximum Gasteiger partial charge on any atom is 0.123 e. The Labute approximate surface area is 135 Å². The SMILES string of the molecule is CCNC(Cc1cc(F)ccc1Br)C1(OC)CCCCC1. The van der Waals surface area contributed by atoms with Gasteiger partial charge in [-0.2, -0.15) is 0 Å². The lowest BCUT2D eigenvalue weighted by Gasteiger charge is -2.43. The largest absolute Gasteiger partial charge is 0.377 e. The number of hydrogen-bond acceptors (Lipinski definition) is 2. The smallest absolute Gasteiger partial charge is 0.123 e. The van der Waals surface area contributed by atoms with Crippen LogP contribution in [0.4, 0.5) is 4.39 Å². The Kier molecular flexibility index (Phi) is 6.20. The predicted octanol–water partition coefficient (Wildman–Crippen LogP) is 4.46. The average molecular weight is 358 g/mol. The first-order chi connectivity index (χ1) is 10.1. The molecule has 0 heterocycles. The van der Waals surface area contributed by atoms with Crippen LogP contribution in [-0.2, 0) is 11.2 Å². The molecule has 1 saturated carbocycles. The summed E-state index contributed by atoms with van der Waals surface area (Å²) >= 11 is 3.54. The molecule has 0 amide bonds. The van der Waals surface area contributed by atoms with Gasteiger partial charge in [-0.05, 0) is 49.6 Å². The van der Waals surface area contributed by atoms with Gasteiger partial charge in [0, 0.05) is 17.6 Å². The van der Waals surface area contributed by atoms with Crippen molar-refractivity contribution in [1.29, 1.82) is 0 Å². The molecule has 1 aromatic carbocycles. The van der Waals surface area contributed by atoms with Crippen molar-refractivity contribution in [1.82, 2.24) is 5.32 Å². The van der Waals surface area contributed by atoms with Gasteiger partial charge in [-0.25, -0.2) is 4.39 Å². The van der Waals surface area contributed by atoms with Crippen molar-refractivity contribution in [3.63, 3.8) is 0 Å². The maximum absolute atomic E-state index is 13.5. The van der Waals surface area contributed by atoms with E-state index in [2.05, 4.69) is 28.2 Å². The van der Waals surface area contributed by atoms with E-state index in [9.17, 15) is 4.39 Å². The molecule has 0 saturated heterocycles. The summed E-state index contributed by atoms with van der Waals surface area (Å²) < 4.78 is 20.5. The third-order valence-electron chi connectivity index (χ3n) is 4.62. The van der Waals surface area contributed by atoms with Crippen molar-refractivity contribution < 1.29 is 9.13 Å². The third kappa shape index (κ3) is 4.05. The van der Waals surface area contributed by atoms with E-state index in [1.807, 2.05) is 7.11 Å². The number of ether oxygens (including phenoxy) is 1. The fraction of sp³-hybridized carbons (Fsp3) is 0.647. The highest BCUT2D eigenvalue weighted by molar-refractivity contribution is 9.10. The maximum atomic E-state index is 13.5. The van der Waals surface area contributed by atoms with Crippen molar-refractivity contribution in [2.75, 3.05) is 13.7 Å². The molecule has 118 valence electrons. The number of rotatable bonds is 6. The first kappa shape index (κ1) is 16.9. The predicted molar refractivity (Wildman–Crippen MR) is 88.1 cm³/mol. The van der Waals surface area contributed by atoms with Crippen LogP contribution in [0.5, 0.6) is 0 Å². The van der Waals surface area contributed by atoms with E-state index in [4.69, 9.17) is 4.74 Å². The normalized spacial score (nSPS) is 19.4. The van der Waals surface area contributed by atoms with E-state index in [-0.39, 0.29) is 17.5 Å². The van der Waals surface area contributed by atoms with Crippen LogP contribution in [0.15, 0.2) is 22.7 Å². The molecule has 0 spiro atoms. The molecule has 1 aromatic rings. The molecule has 0 bridgehead atoms. The summed E-state index contributed by atoms with van der Waals surface area (Å²) in [5, 5.41) is 3.57. The Morgan fingerprint density at radius 1 is 1.33 bits per heavy atom. The van der Waals surface area contributed by atoms with Gasteiger partial charge < -0.3 is 10.1 Å². The van der Waals surface area contributed by atoms with Crippen LogP contribution >= 0.6 is 15.9 Å². The lowest BCUT2D eigenvalue weighted by atomic mass is 9.77. The van der Waals surface area contributed by atoms with Gasteiger partial charge in [0.25, 0.3) is 0 Å². The molecule has 1 atom stereocenters. The first-order valence-electron chi connectivity index (χ1n) is 7.84. The van der Waals surface area contributed by atoms with E-state index in [1.165, 1.54) is 25.3 Å². The minimum atomic E-state index is -0.182. The summed E-state index contributed by atoms with van der Waals surface area (Å²) in [6.07, 6.45) is 6.63. The van der Waals surface area contributed by atoms with Crippen LogP contribution in [0, 0.1) is 5.82 Å². The number of nitrogens with one attached hydrogen (secondary N) is 1. The quantitative estimate of drug-likeness (QED) is 0.811. The highest BCUT2D eigenvalue weighted by Gasteiger charge is 2.39. The van der Waals surface area contributed by atoms with Gasteiger partial charge in [-0.1, -0.05) is 42.1 Å². The highest BCUT2D eigenvalue weighted by Crippen LogP contribution is 2.36. The minimum Gasteiger partial charge on any atom is -0.377 e. The molecule has 21 heavy (non-hydrogen) atoms. The topological polar surface area (TPSA) is 21.3 Å². The number of likely N-dealkylation sites (N-methyl/N-ethyl adjacent to an activating group) is 1. The van der Waals surface area contributed by atoms with Crippen LogP contribution in [0.25, 0.3) is 0 Å². The Balaban J connectivity index is 2.23. The van der Waals surface area contributed by atoms with Crippen LogP contribution in [0.1, 0.15) is 44.6 Å². The van der Waals surface area contributed by atoms with Crippen molar-refractivity contribution >= 4 is 15.9 Å². The Hall–Kier alpha value is -0.450. The number of benzene rings is 1. The molecule has 0 aliphatic heterocycles. The zero-order valence-corrected chi connectivity index (χ0v) is 14.5. The fourth-order valence-electron chi connectivity index (χ4n) is 3.46. The second kappa shape index (κ2) is 7.70. The minimum absolute atomic E-state index is 0.125. The van der Waals surface area contributed by atoms with Crippen LogP contribution < -0.4 is 5.32 Å². The summed E-state index contributed by atoms with van der Waals surface area (Å²) in [7, 11) is 1.82. The van der Waals surface area contributed by atoms with Gasteiger partial charge in [0.05, 0.1) is 5.60 Å². The zero-order valence-electron chi connectivity index (χ0n) is 12.9. The summed E-state index contributed by atoms with van der Waals surface area (Å²) in [4.78, 5) is 0. The van der Waals surface area contributed by atoms with Crippen LogP contribution in [0.3, 0.4) is 0 Å². The fourth-order valence-corrected chi connectivity index (χ4v) is 3.86. The lowest BCUT2D eigenvalue weighted by molar-refractivity contribution is -0.0670. The van der Waals surface area contributed by atoms with Crippen LogP contribution in [-0.4, -0.2) is 25.3 Å². The van der Waals surface area contributed by atoms with E-state index in [0.29, 0.717) is 0 Å². The molecule has 0 radical (unpaired) electrons. The molecule has 1 aliphatic carbocycles. The molecular weight excluding hydrogens is 333 g/mol. The van der Waals surface area contributed by atoms with E-state index >= 15 is 0 Å². The Morgan fingerprint density at radius 3 is 2.67 bits per heavy atom. The van der Waals surface area contributed by atoms with Crippen molar-refractivity contribution in [3.05, 3.63) is 34.1 Å².